The molecule has 162 valence electrons. The lowest BCUT2D eigenvalue weighted by Crippen LogP contribution is -2.43. The molecule has 2 heterocycles. The fourth-order valence-electron chi connectivity index (χ4n) is 3.10. The number of carbonyl (C=O) groups is 4. The van der Waals surface area contributed by atoms with Crippen molar-refractivity contribution in [1.82, 2.24) is 9.96 Å². The summed E-state index contributed by atoms with van der Waals surface area (Å²) in [5.41, 5.74) is -0.642. The van der Waals surface area contributed by atoms with Crippen LogP contribution in [-0.2, 0) is 24.2 Å². The topological polar surface area (TPSA) is 127 Å². The van der Waals surface area contributed by atoms with E-state index in [4.69, 9.17) is 9.57 Å². The van der Waals surface area contributed by atoms with Crippen molar-refractivity contribution in [3.8, 4) is 0 Å². The maximum Gasteiger partial charge on any atom is 0.410 e. The summed E-state index contributed by atoms with van der Waals surface area (Å²) in [5.74, 6) is -4.93. The van der Waals surface area contributed by atoms with Crippen molar-refractivity contribution in [2.24, 2.45) is 5.92 Å². The first-order valence-corrected chi connectivity index (χ1v) is 11.1. The van der Waals surface area contributed by atoms with Crippen LogP contribution >= 0.6 is 0 Å². The number of fused-ring (bicyclic) bond motifs is 1. The molecule has 1 aromatic carbocycles. The van der Waals surface area contributed by atoms with Crippen LogP contribution in [0, 0.1) is 5.92 Å². The van der Waals surface area contributed by atoms with Gasteiger partial charge in [-0.15, -0.1) is 0 Å². The van der Waals surface area contributed by atoms with Gasteiger partial charge in [0, 0.05) is 13.1 Å². The van der Waals surface area contributed by atoms with E-state index in [2.05, 4.69) is 0 Å². The van der Waals surface area contributed by atoms with Crippen molar-refractivity contribution in [3.63, 3.8) is 0 Å². The van der Waals surface area contributed by atoms with E-state index >= 15 is 0 Å². The van der Waals surface area contributed by atoms with Crippen LogP contribution in [0.2, 0.25) is 0 Å². The van der Waals surface area contributed by atoms with Gasteiger partial charge in [0.05, 0.1) is 28.6 Å². The Morgan fingerprint density at radius 1 is 1.07 bits per heavy atom. The van der Waals surface area contributed by atoms with Crippen LogP contribution in [0.15, 0.2) is 24.3 Å². The first-order chi connectivity index (χ1) is 13.9. The van der Waals surface area contributed by atoms with Crippen molar-refractivity contribution >= 4 is 33.7 Å². The van der Waals surface area contributed by atoms with E-state index in [1.165, 1.54) is 12.1 Å². The summed E-state index contributed by atoms with van der Waals surface area (Å²) in [6.07, 6.45) is -0.766. The number of carbonyl (C=O) groups excluding carboxylic acids is 4. The van der Waals surface area contributed by atoms with Crippen LogP contribution < -0.4 is 0 Å². The fourth-order valence-corrected chi connectivity index (χ4v) is 4.62. The third-order valence-corrected chi connectivity index (χ3v) is 6.21. The monoisotopic (exact) mass is 438 g/mol. The van der Waals surface area contributed by atoms with Crippen LogP contribution in [-0.4, -0.2) is 72.5 Å². The number of nitrogens with zero attached hydrogens (tertiary/aromatic N) is 2. The Bertz CT molecular complexity index is 977. The molecule has 3 rings (SSSR count). The summed E-state index contributed by atoms with van der Waals surface area (Å²) in [4.78, 5) is 55.9. The van der Waals surface area contributed by atoms with Gasteiger partial charge in [0.2, 0.25) is 0 Å². The molecule has 0 aliphatic carbocycles. The summed E-state index contributed by atoms with van der Waals surface area (Å²) < 4.78 is 29.8. The van der Waals surface area contributed by atoms with E-state index in [1.54, 1.807) is 32.9 Å². The Balaban J connectivity index is 1.77. The first kappa shape index (κ1) is 21.8. The maximum atomic E-state index is 12.7. The first-order valence-electron chi connectivity index (χ1n) is 9.26. The minimum absolute atomic E-state index is 0.0826. The van der Waals surface area contributed by atoms with E-state index in [-0.39, 0.29) is 30.0 Å². The lowest BCUT2D eigenvalue weighted by Gasteiger charge is -2.27. The van der Waals surface area contributed by atoms with Gasteiger partial charge in [-0.25, -0.2) is 18.0 Å². The molecular formula is C19H22N2O8S. The number of amides is 3. The summed E-state index contributed by atoms with van der Waals surface area (Å²) in [5, 5.41) is 0.322. The Kier molecular flexibility index (Phi) is 5.59. The molecule has 1 unspecified atom stereocenters. The molecule has 2 aliphatic heterocycles. The van der Waals surface area contributed by atoms with E-state index in [9.17, 15) is 27.6 Å². The lowest BCUT2D eigenvalue weighted by molar-refractivity contribution is -0.173. The van der Waals surface area contributed by atoms with Crippen LogP contribution in [0.25, 0.3) is 0 Å². The molecule has 1 saturated heterocycles. The molecule has 2 aliphatic rings. The molecule has 0 bridgehead atoms. The molecule has 3 amide bonds. The highest BCUT2D eigenvalue weighted by molar-refractivity contribution is 7.91. The number of benzene rings is 1. The molecule has 11 heteroatoms. The lowest BCUT2D eigenvalue weighted by atomic mass is 10.1. The predicted octanol–water partition coefficient (Wildman–Crippen LogP) is 1.02. The van der Waals surface area contributed by atoms with Crippen molar-refractivity contribution in [2.75, 3.05) is 24.6 Å². The Morgan fingerprint density at radius 2 is 1.63 bits per heavy atom. The Morgan fingerprint density at radius 3 is 2.17 bits per heavy atom. The fraction of sp³-hybridized carbons (Fsp3) is 0.474. The zero-order valence-corrected chi connectivity index (χ0v) is 17.6. The molecule has 1 aromatic rings. The van der Waals surface area contributed by atoms with Gasteiger partial charge in [0.15, 0.2) is 9.84 Å². The van der Waals surface area contributed by atoms with Crippen molar-refractivity contribution < 1.29 is 37.2 Å². The molecule has 0 saturated carbocycles. The Hall–Kier alpha value is -2.95. The highest BCUT2D eigenvalue weighted by Gasteiger charge is 2.42. The van der Waals surface area contributed by atoms with Crippen molar-refractivity contribution in [3.05, 3.63) is 35.4 Å². The van der Waals surface area contributed by atoms with Crippen LogP contribution in [0.1, 0.15) is 41.5 Å². The molecule has 30 heavy (non-hydrogen) atoms. The summed E-state index contributed by atoms with van der Waals surface area (Å²) in [7, 11) is -3.68. The molecule has 0 N–H and O–H groups in total. The van der Waals surface area contributed by atoms with Crippen molar-refractivity contribution in [1.29, 1.82) is 0 Å². The minimum Gasteiger partial charge on any atom is -0.444 e. The molecule has 1 atom stereocenters. The maximum absolute atomic E-state index is 12.7. The summed E-state index contributed by atoms with van der Waals surface area (Å²) in [6, 6.07) is 5.96. The van der Waals surface area contributed by atoms with Crippen molar-refractivity contribution in [2.45, 2.75) is 26.4 Å². The summed E-state index contributed by atoms with van der Waals surface area (Å²) >= 11 is 0. The second kappa shape index (κ2) is 7.71. The van der Waals surface area contributed by atoms with E-state index < -0.39 is 51.0 Å². The molecule has 1 fully saturated rings. The van der Waals surface area contributed by atoms with Gasteiger partial charge in [0.25, 0.3) is 11.8 Å². The van der Waals surface area contributed by atoms with Crippen LogP contribution in [0.3, 0.4) is 0 Å². The van der Waals surface area contributed by atoms with E-state index in [1.807, 2.05) is 0 Å². The molecule has 0 aromatic heterocycles. The van der Waals surface area contributed by atoms with Gasteiger partial charge in [-0.05, 0) is 32.9 Å². The number of ether oxygens (including phenoxy) is 1. The highest BCUT2D eigenvalue weighted by Crippen LogP contribution is 2.24. The van der Waals surface area contributed by atoms with Crippen LogP contribution in [0.5, 0.6) is 0 Å². The normalized spacial score (nSPS) is 21.1. The third kappa shape index (κ3) is 4.61. The second-order valence-electron chi connectivity index (χ2n) is 8.10. The van der Waals surface area contributed by atoms with Gasteiger partial charge < -0.3 is 14.5 Å². The summed E-state index contributed by atoms with van der Waals surface area (Å²) in [6.45, 7) is 4.55. The van der Waals surface area contributed by atoms with E-state index in [0.717, 1.165) is 4.90 Å². The Labute approximate surface area is 173 Å². The number of hydroxylamine groups is 2. The largest absolute Gasteiger partial charge is 0.444 e. The number of imide groups is 1. The number of sulfone groups is 1. The average molecular weight is 438 g/mol. The second-order valence-corrected chi connectivity index (χ2v) is 10.3. The molecule has 0 radical (unpaired) electrons. The number of hydrogen-bond donors (Lipinski definition) is 0. The highest BCUT2D eigenvalue weighted by atomic mass is 32.2. The van der Waals surface area contributed by atoms with Crippen LogP contribution in [0.4, 0.5) is 4.79 Å². The van der Waals surface area contributed by atoms with Gasteiger partial charge in [-0.2, -0.15) is 0 Å². The van der Waals surface area contributed by atoms with Gasteiger partial charge in [0.1, 0.15) is 5.60 Å². The number of rotatable bonds is 2. The predicted molar refractivity (Wildman–Crippen MR) is 103 cm³/mol. The zero-order chi connectivity index (χ0) is 22.3. The SMILES string of the molecule is CC(C)(C)OC(=O)N1CCS(=O)(=O)CC(C(=O)ON2C(=O)c3ccccc3C2=O)C1. The zero-order valence-electron chi connectivity index (χ0n) is 16.8. The van der Waals surface area contributed by atoms with Gasteiger partial charge in [-0.3, -0.25) is 9.59 Å². The quantitative estimate of drug-likeness (QED) is 0.626. The van der Waals surface area contributed by atoms with Gasteiger partial charge in [-0.1, -0.05) is 17.2 Å². The molecular weight excluding hydrogens is 416 g/mol. The molecule has 0 spiro atoms. The van der Waals surface area contributed by atoms with Gasteiger partial charge >= 0.3 is 12.1 Å². The van der Waals surface area contributed by atoms with E-state index in [0.29, 0.717) is 5.06 Å². The third-order valence-electron chi connectivity index (χ3n) is 4.49. The smallest absolute Gasteiger partial charge is 0.410 e. The number of hydrogen-bond acceptors (Lipinski definition) is 8. The average Bonchev–Trinajstić information content (AvgIpc) is 2.78. The minimum atomic E-state index is -3.68. The molecule has 10 nitrogen and oxygen atoms in total. The standard InChI is InChI=1S/C19H22N2O8S/c1-19(2,3)28-18(25)20-8-9-30(26,27)11-12(10-20)17(24)29-21-15(22)13-6-4-5-7-14(13)16(21)23/h4-7,12H,8-11H2,1-3H3.